The summed E-state index contributed by atoms with van der Waals surface area (Å²) in [5.41, 5.74) is 1.43. The number of carbonyl (C=O) groups excluding carboxylic acids is 1. The molecule has 2 amide bonds. The molecule has 6 nitrogen and oxygen atoms in total. The molecule has 0 atom stereocenters. The summed E-state index contributed by atoms with van der Waals surface area (Å²) < 4.78 is 2.18. The number of fused-ring (bicyclic) bond motifs is 1. The Morgan fingerprint density at radius 1 is 1.29 bits per heavy atom. The van der Waals surface area contributed by atoms with E-state index in [1.54, 1.807) is 0 Å². The largest absolute Gasteiger partial charge is 0.388 e. The number of nitrogens with one attached hydrogen (secondary N) is 2. The van der Waals surface area contributed by atoms with Gasteiger partial charge in [-0.2, -0.15) is 0 Å². The van der Waals surface area contributed by atoms with Crippen LogP contribution >= 0.6 is 0 Å². The third-order valence-corrected chi connectivity index (χ3v) is 4.80. The van der Waals surface area contributed by atoms with Crippen molar-refractivity contribution in [2.45, 2.75) is 51.2 Å². The molecular formula is C18H26N4O2. The summed E-state index contributed by atoms with van der Waals surface area (Å²) in [4.78, 5) is 16.4. The van der Waals surface area contributed by atoms with Crippen molar-refractivity contribution in [2.75, 3.05) is 13.1 Å². The van der Waals surface area contributed by atoms with Crippen molar-refractivity contribution in [3.8, 4) is 0 Å². The number of rotatable bonds is 6. The van der Waals surface area contributed by atoms with Gasteiger partial charge in [-0.05, 0) is 38.3 Å². The first-order valence-corrected chi connectivity index (χ1v) is 8.73. The molecule has 1 aromatic carbocycles. The summed E-state index contributed by atoms with van der Waals surface area (Å²) in [6.07, 6.45) is 4.47. The number of benzene rings is 1. The molecule has 0 spiro atoms. The molecule has 0 unspecified atom stereocenters. The van der Waals surface area contributed by atoms with Crippen LogP contribution in [0.25, 0.3) is 11.0 Å². The average molecular weight is 330 g/mol. The van der Waals surface area contributed by atoms with Gasteiger partial charge in [0.25, 0.3) is 0 Å². The molecule has 0 radical (unpaired) electrons. The quantitative estimate of drug-likeness (QED) is 0.711. The number of hydrogen-bond acceptors (Lipinski definition) is 3. The van der Waals surface area contributed by atoms with Crippen molar-refractivity contribution in [1.29, 1.82) is 0 Å². The SMILES string of the molecule is Cc1nc2ccccc2n1CCCNC(=O)NCC1(O)CCCC1. The van der Waals surface area contributed by atoms with Gasteiger partial charge in [-0.3, -0.25) is 0 Å². The number of aryl methyl sites for hydroxylation is 2. The summed E-state index contributed by atoms with van der Waals surface area (Å²) in [5, 5.41) is 15.9. The van der Waals surface area contributed by atoms with Crippen LogP contribution in [0.3, 0.4) is 0 Å². The highest BCUT2D eigenvalue weighted by molar-refractivity contribution is 5.76. The van der Waals surface area contributed by atoms with Crippen LogP contribution in [0.15, 0.2) is 24.3 Å². The van der Waals surface area contributed by atoms with Crippen LogP contribution < -0.4 is 10.6 Å². The van der Waals surface area contributed by atoms with Gasteiger partial charge in [-0.25, -0.2) is 9.78 Å². The Labute approximate surface area is 142 Å². The fourth-order valence-electron chi connectivity index (χ4n) is 3.43. The van der Waals surface area contributed by atoms with Gasteiger partial charge in [0.1, 0.15) is 5.82 Å². The van der Waals surface area contributed by atoms with Crippen LogP contribution in [0.5, 0.6) is 0 Å². The van der Waals surface area contributed by atoms with E-state index in [9.17, 15) is 9.90 Å². The van der Waals surface area contributed by atoms with E-state index in [-0.39, 0.29) is 6.03 Å². The van der Waals surface area contributed by atoms with Crippen molar-refractivity contribution in [2.24, 2.45) is 0 Å². The van der Waals surface area contributed by atoms with E-state index < -0.39 is 5.60 Å². The van der Waals surface area contributed by atoms with Crippen molar-refractivity contribution < 1.29 is 9.90 Å². The van der Waals surface area contributed by atoms with Gasteiger partial charge in [-0.15, -0.1) is 0 Å². The van der Waals surface area contributed by atoms with E-state index in [1.807, 2.05) is 25.1 Å². The maximum Gasteiger partial charge on any atom is 0.314 e. The minimum Gasteiger partial charge on any atom is -0.388 e. The average Bonchev–Trinajstić information content (AvgIpc) is 3.14. The lowest BCUT2D eigenvalue weighted by atomic mass is 10.0. The van der Waals surface area contributed by atoms with Crippen LogP contribution in [0.2, 0.25) is 0 Å². The molecule has 130 valence electrons. The van der Waals surface area contributed by atoms with E-state index in [0.29, 0.717) is 13.1 Å². The number of para-hydroxylation sites is 2. The second kappa shape index (κ2) is 7.21. The first kappa shape index (κ1) is 16.8. The van der Waals surface area contributed by atoms with Gasteiger partial charge >= 0.3 is 6.03 Å². The second-order valence-corrected chi connectivity index (χ2v) is 6.69. The number of hydrogen-bond donors (Lipinski definition) is 3. The standard InChI is InChI=1S/C18H26N4O2/c1-14-21-15-7-2-3-8-16(15)22(14)12-6-11-19-17(23)20-13-18(24)9-4-5-10-18/h2-3,7-8,24H,4-6,9-13H2,1H3,(H2,19,20,23). The maximum atomic E-state index is 11.8. The molecule has 1 aliphatic rings. The van der Waals surface area contributed by atoms with Crippen LogP contribution in [-0.2, 0) is 6.54 Å². The topological polar surface area (TPSA) is 79.2 Å². The van der Waals surface area contributed by atoms with Gasteiger partial charge in [-0.1, -0.05) is 25.0 Å². The van der Waals surface area contributed by atoms with Crippen LogP contribution in [-0.4, -0.2) is 39.4 Å². The number of nitrogens with zero attached hydrogens (tertiary/aromatic N) is 2. The molecule has 0 aliphatic heterocycles. The number of carbonyl (C=O) groups is 1. The molecule has 0 saturated heterocycles. The van der Waals surface area contributed by atoms with Gasteiger partial charge in [0.15, 0.2) is 0 Å². The fraction of sp³-hybridized carbons (Fsp3) is 0.556. The molecule has 1 fully saturated rings. The second-order valence-electron chi connectivity index (χ2n) is 6.69. The number of urea groups is 1. The Balaban J connectivity index is 1.41. The molecule has 1 aromatic heterocycles. The van der Waals surface area contributed by atoms with Crippen LogP contribution in [0.4, 0.5) is 4.79 Å². The number of amides is 2. The highest BCUT2D eigenvalue weighted by atomic mass is 16.3. The van der Waals surface area contributed by atoms with Gasteiger partial charge in [0.2, 0.25) is 0 Å². The third kappa shape index (κ3) is 3.87. The molecule has 0 bridgehead atoms. The lowest BCUT2D eigenvalue weighted by Gasteiger charge is -2.22. The highest BCUT2D eigenvalue weighted by Gasteiger charge is 2.31. The molecule has 24 heavy (non-hydrogen) atoms. The Morgan fingerprint density at radius 2 is 2.04 bits per heavy atom. The van der Waals surface area contributed by atoms with E-state index >= 15 is 0 Å². The van der Waals surface area contributed by atoms with Gasteiger partial charge in [0, 0.05) is 19.6 Å². The van der Waals surface area contributed by atoms with E-state index in [2.05, 4.69) is 26.3 Å². The van der Waals surface area contributed by atoms with E-state index in [0.717, 1.165) is 55.5 Å². The smallest absolute Gasteiger partial charge is 0.314 e. The van der Waals surface area contributed by atoms with Crippen LogP contribution in [0.1, 0.15) is 37.9 Å². The predicted octanol–water partition coefficient (Wildman–Crippen LogP) is 2.34. The zero-order valence-electron chi connectivity index (χ0n) is 14.2. The highest BCUT2D eigenvalue weighted by Crippen LogP contribution is 2.28. The summed E-state index contributed by atoms with van der Waals surface area (Å²) in [6.45, 7) is 3.75. The van der Waals surface area contributed by atoms with E-state index in [1.165, 1.54) is 0 Å². The van der Waals surface area contributed by atoms with Crippen molar-refractivity contribution in [1.82, 2.24) is 20.2 Å². The number of imidazole rings is 1. The molecule has 1 aliphatic carbocycles. The molecule has 3 N–H and O–H groups in total. The Kier molecular flexibility index (Phi) is 5.04. The lowest BCUT2D eigenvalue weighted by molar-refractivity contribution is 0.0501. The van der Waals surface area contributed by atoms with Crippen molar-refractivity contribution in [3.05, 3.63) is 30.1 Å². The Bertz CT molecular complexity index is 704. The summed E-state index contributed by atoms with van der Waals surface area (Å²) in [6, 6.07) is 7.88. The van der Waals surface area contributed by atoms with E-state index in [4.69, 9.17) is 0 Å². The zero-order valence-corrected chi connectivity index (χ0v) is 14.2. The monoisotopic (exact) mass is 330 g/mol. The first-order chi connectivity index (χ1) is 11.6. The van der Waals surface area contributed by atoms with Gasteiger partial charge in [0.05, 0.1) is 16.6 Å². The minimum absolute atomic E-state index is 0.206. The van der Waals surface area contributed by atoms with Crippen molar-refractivity contribution in [3.63, 3.8) is 0 Å². The molecule has 1 heterocycles. The normalized spacial score (nSPS) is 16.4. The third-order valence-electron chi connectivity index (χ3n) is 4.80. The molecule has 3 rings (SSSR count). The molecule has 6 heteroatoms. The zero-order chi connectivity index (χ0) is 17.0. The maximum absolute atomic E-state index is 11.8. The fourth-order valence-corrected chi connectivity index (χ4v) is 3.43. The summed E-state index contributed by atoms with van der Waals surface area (Å²) >= 11 is 0. The summed E-state index contributed by atoms with van der Waals surface area (Å²) in [7, 11) is 0. The lowest BCUT2D eigenvalue weighted by Crippen LogP contribution is -2.45. The summed E-state index contributed by atoms with van der Waals surface area (Å²) in [5.74, 6) is 0.990. The van der Waals surface area contributed by atoms with Crippen LogP contribution in [0, 0.1) is 6.92 Å². The molecule has 2 aromatic rings. The predicted molar refractivity (Wildman–Crippen MR) is 93.9 cm³/mol. The number of aromatic nitrogens is 2. The van der Waals surface area contributed by atoms with Crippen molar-refractivity contribution >= 4 is 17.1 Å². The molecule has 1 saturated carbocycles. The Hall–Kier alpha value is -2.08. The molecular weight excluding hydrogens is 304 g/mol. The number of aliphatic hydroxyl groups is 1. The van der Waals surface area contributed by atoms with Gasteiger partial charge < -0.3 is 20.3 Å². The Morgan fingerprint density at radius 3 is 2.83 bits per heavy atom. The minimum atomic E-state index is -0.704. The first-order valence-electron chi connectivity index (χ1n) is 8.73.